The molecule has 1 fully saturated rings. The van der Waals surface area contributed by atoms with Gasteiger partial charge in [-0.2, -0.15) is 0 Å². The minimum absolute atomic E-state index is 0. The van der Waals surface area contributed by atoms with Gasteiger partial charge in [0.1, 0.15) is 11.5 Å². The van der Waals surface area contributed by atoms with Crippen molar-refractivity contribution in [3.05, 3.63) is 58.6 Å². The van der Waals surface area contributed by atoms with E-state index in [0.29, 0.717) is 29.6 Å². The first-order valence-corrected chi connectivity index (χ1v) is 8.98. The standard InChI is InChI=1S/C20H23ClN2O3.ClH/c1-25-18-8-5-9-19(26-2)15(18)12-20(24)23-11-10-22-13-17(23)14-6-3-4-7-16(14)21;/h3-9,17,22H,10-13H2,1-2H3;1H. The van der Waals surface area contributed by atoms with Gasteiger partial charge >= 0.3 is 0 Å². The second kappa shape index (κ2) is 9.83. The fourth-order valence-electron chi connectivity index (χ4n) is 3.38. The Balaban J connectivity index is 0.00000261. The van der Waals surface area contributed by atoms with Gasteiger partial charge in [0, 0.05) is 30.2 Å². The zero-order valence-electron chi connectivity index (χ0n) is 15.4. The van der Waals surface area contributed by atoms with Crippen LogP contribution in [0.3, 0.4) is 0 Å². The van der Waals surface area contributed by atoms with Crippen molar-refractivity contribution >= 4 is 29.9 Å². The molecule has 1 N–H and O–H groups in total. The van der Waals surface area contributed by atoms with Gasteiger partial charge in [0.15, 0.2) is 0 Å². The van der Waals surface area contributed by atoms with Gasteiger partial charge in [-0.05, 0) is 23.8 Å². The fraction of sp³-hybridized carbons (Fsp3) is 0.350. The van der Waals surface area contributed by atoms with Crippen molar-refractivity contribution in [2.45, 2.75) is 12.5 Å². The summed E-state index contributed by atoms with van der Waals surface area (Å²) < 4.78 is 10.8. The van der Waals surface area contributed by atoms with Gasteiger partial charge in [-0.1, -0.05) is 35.9 Å². The molecule has 2 aromatic carbocycles. The molecule has 0 saturated carbocycles. The van der Waals surface area contributed by atoms with Crippen LogP contribution in [0.25, 0.3) is 0 Å². The normalized spacial score (nSPS) is 16.4. The summed E-state index contributed by atoms with van der Waals surface area (Å²) in [5.41, 5.74) is 1.72. The maximum absolute atomic E-state index is 13.1. The van der Waals surface area contributed by atoms with Gasteiger partial charge in [-0.15, -0.1) is 12.4 Å². The first-order valence-electron chi connectivity index (χ1n) is 8.60. The highest BCUT2D eigenvalue weighted by Gasteiger charge is 2.30. The number of nitrogens with zero attached hydrogens (tertiary/aromatic N) is 1. The van der Waals surface area contributed by atoms with E-state index < -0.39 is 0 Å². The van der Waals surface area contributed by atoms with Gasteiger partial charge in [0.2, 0.25) is 5.91 Å². The molecule has 7 heteroatoms. The molecule has 0 spiro atoms. The summed E-state index contributed by atoms with van der Waals surface area (Å²) in [6.45, 7) is 2.07. The summed E-state index contributed by atoms with van der Waals surface area (Å²) >= 11 is 6.38. The molecule has 1 heterocycles. The molecule has 0 aromatic heterocycles. The minimum atomic E-state index is -0.0920. The van der Waals surface area contributed by atoms with Gasteiger partial charge < -0.3 is 19.7 Å². The molecule has 3 rings (SSSR count). The SMILES string of the molecule is COc1cccc(OC)c1CC(=O)N1CCNCC1c1ccccc1Cl.Cl. The molecule has 2 aromatic rings. The Labute approximate surface area is 171 Å². The number of carbonyl (C=O) groups excluding carboxylic acids is 1. The lowest BCUT2D eigenvalue weighted by Crippen LogP contribution is -2.49. The van der Waals surface area contributed by atoms with Gasteiger partial charge in [-0.3, -0.25) is 4.79 Å². The van der Waals surface area contributed by atoms with Crippen molar-refractivity contribution in [2.24, 2.45) is 0 Å². The molecule has 1 aliphatic rings. The quantitative estimate of drug-likeness (QED) is 0.819. The molecule has 1 aliphatic heterocycles. The number of amides is 1. The Kier molecular flexibility index (Phi) is 7.78. The van der Waals surface area contributed by atoms with Gasteiger partial charge in [0.05, 0.1) is 26.7 Å². The zero-order chi connectivity index (χ0) is 18.5. The predicted molar refractivity (Wildman–Crippen MR) is 109 cm³/mol. The summed E-state index contributed by atoms with van der Waals surface area (Å²) in [7, 11) is 3.19. The summed E-state index contributed by atoms with van der Waals surface area (Å²) in [5, 5.41) is 4.03. The van der Waals surface area contributed by atoms with Crippen LogP contribution in [0.5, 0.6) is 11.5 Å². The number of methoxy groups -OCH3 is 2. The molecule has 146 valence electrons. The smallest absolute Gasteiger partial charge is 0.227 e. The lowest BCUT2D eigenvalue weighted by Gasteiger charge is -2.37. The monoisotopic (exact) mass is 410 g/mol. The van der Waals surface area contributed by atoms with Crippen molar-refractivity contribution in [1.82, 2.24) is 10.2 Å². The van der Waals surface area contributed by atoms with E-state index in [4.69, 9.17) is 21.1 Å². The number of piperazine rings is 1. The van der Waals surface area contributed by atoms with Crippen molar-refractivity contribution in [3.63, 3.8) is 0 Å². The molecule has 5 nitrogen and oxygen atoms in total. The predicted octanol–water partition coefficient (Wildman–Crippen LogP) is 3.49. The lowest BCUT2D eigenvalue weighted by atomic mass is 10.0. The summed E-state index contributed by atoms with van der Waals surface area (Å²) in [4.78, 5) is 15.0. The van der Waals surface area contributed by atoms with E-state index in [1.165, 1.54) is 0 Å². The molecule has 1 saturated heterocycles. The van der Waals surface area contributed by atoms with Crippen LogP contribution in [0.15, 0.2) is 42.5 Å². The van der Waals surface area contributed by atoms with Gasteiger partial charge in [-0.25, -0.2) is 0 Å². The second-order valence-corrected chi connectivity index (χ2v) is 6.55. The Hall–Kier alpha value is -1.95. The Bertz CT molecular complexity index is 763. The molecular weight excluding hydrogens is 387 g/mol. The lowest BCUT2D eigenvalue weighted by molar-refractivity contribution is -0.133. The zero-order valence-corrected chi connectivity index (χ0v) is 17.0. The number of benzene rings is 2. The Morgan fingerprint density at radius 2 is 1.81 bits per heavy atom. The van der Waals surface area contributed by atoms with Crippen LogP contribution < -0.4 is 14.8 Å². The molecule has 1 unspecified atom stereocenters. The summed E-state index contributed by atoms with van der Waals surface area (Å²) in [5.74, 6) is 1.34. The first kappa shape index (κ1) is 21.4. The highest BCUT2D eigenvalue weighted by molar-refractivity contribution is 6.31. The van der Waals surface area contributed by atoms with E-state index >= 15 is 0 Å². The number of halogens is 2. The average Bonchev–Trinajstić information content (AvgIpc) is 2.68. The van der Waals surface area contributed by atoms with Gasteiger partial charge in [0.25, 0.3) is 0 Å². The third kappa shape index (κ3) is 4.67. The third-order valence-electron chi connectivity index (χ3n) is 4.69. The van der Waals surface area contributed by atoms with Crippen LogP contribution in [0.2, 0.25) is 5.02 Å². The van der Waals surface area contributed by atoms with Crippen LogP contribution in [0.1, 0.15) is 17.2 Å². The average molecular weight is 411 g/mol. The molecule has 0 bridgehead atoms. The van der Waals surface area contributed by atoms with Crippen LogP contribution in [-0.4, -0.2) is 44.7 Å². The minimum Gasteiger partial charge on any atom is -0.496 e. The number of rotatable bonds is 5. The largest absolute Gasteiger partial charge is 0.496 e. The third-order valence-corrected chi connectivity index (χ3v) is 5.03. The maximum atomic E-state index is 13.1. The van der Waals surface area contributed by atoms with E-state index in [0.717, 1.165) is 17.7 Å². The van der Waals surface area contributed by atoms with Crippen LogP contribution >= 0.6 is 24.0 Å². The van der Waals surface area contributed by atoms with Crippen molar-refractivity contribution in [2.75, 3.05) is 33.9 Å². The molecular formula is C20H24Cl2N2O3. The molecule has 0 radical (unpaired) electrons. The van der Waals surface area contributed by atoms with Crippen LogP contribution in [0.4, 0.5) is 0 Å². The fourth-order valence-corrected chi connectivity index (χ4v) is 3.64. The second-order valence-electron chi connectivity index (χ2n) is 6.15. The molecule has 1 amide bonds. The Morgan fingerprint density at radius 3 is 2.44 bits per heavy atom. The molecule has 1 atom stereocenters. The van der Waals surface area contributed by atoms with E-state index in [1.54, 1.807) is 14.2 Å². The first-order chi connectivity index (χ1) is 12.7. The molecule has 0 aliphatic carbocycles. The van der Waals surface area contributed by atoms with E-state index in [9.17, 15) is 4.79 Å². The Morgan fingerprint density at radius 1 is 1.15 bits per heavy atom. The number of nitrogens with one attached hydrogen (secondary N) is 1. The number of hydrogen-bond donors (Lipinski definition) is 1. The van der Waals surface area contributed by atoms with Crippen LogP contribution in [0, 0.1) is 0 Å². The topological polar surface area (TPSA) is 50.8 Å². The van der Waals surface area contributed by atoms with Crippen LogP contribution in [-0.2, 0) is 11.2 Å². The number of carbonyl (C=O) groups is 1. The summed E-state index contributed by atoms with van der Waals surface area (Å²) in [6.07, 6.45) is 0.216. The van der Waals surface area contributed by atoms with Crippen molar-refractivity contribution in [1.29, 1.82) is 0 Å². The highest BCUT2D eigenvalue weighted by Crippen LogP contribution is 2.32. The molecule has 27 heavy (non-hydrogen) atoms. The van der Waals surface area contributed by atoms with Crippen molar-refractivity contribution in [3.8, 4) is 11.5 Å². The van der Waals surface area contributed by atoms with E-state index in [-0.39, 0.29) is 30.8 Å². The van der Waals surface area contributed by atoms with E-state index in [1.807, 2.05) is 47.4 Å². The number of hydrogen-bond acceptors (Lipinski definition) is 4. The maximum Gasteiger partial charge on any atom is 0.227 e. The summed E-state index contributed by atoms with van der Waals surface area (Å²) in [6, 6.07) is 13.1. The number of ether oxygens (including phenoxy) is 2. The van der Waals surface area contributed by atoms with E-state index in [2.05, 4.69) is 5.32 Å². The highest BCUT2D eigenvalue weighted by atomic mass is 35.5. The van der Waals surface area contributed by atoms with Crippen molar-refractivity contribution < 1.29 is 14.3 Å².